The van der Waals surface area contributed by atoms with Gasteiger partial charge in [0.25, 0.3) is 5.56 Å². The van der Waals surface area contributed by atoms with Gasteiger partial charge in [0.2, 0.25) is 0 Å². The van der Waals surface area contributed by atoms with E-state index in [0.29, 0.717) is 5.56 Å². The van der Waals surface area contributed by atoms with Crippen molar-refractivity contribution in [3.05, 3.63) is 57.5 Å². The number of unbranched alkanes of at least 4 members (excludes halogenated alkanes) is 1. The lowest BCUT2D eigenvalue weighted by Gasteiger charge is -2.20. The first-order valence-electron chi connectivity index (χ1n) is 8.54. The van der Waals surface area contributed by atoms with Crippen molar-refractivity contribution >= 4 is 0 Å². The second-order valence-electron chi connectivity index (χ2n) is 6.10. The topological polar surface area (TPSA) is 59.9 Å². The van der Waals surface area contributed by atoms with Crippen LogP contribution < -0.4 is 5.56 Å². The fraction of sp³-hybridized carbons (Fsp3) is 0.400. The Morgan fingerprint density at radius 2 is 1.92 bits per heavy atom. The van der Waals surface area contributed by atoms with Gasteiger partial charge < -0.3 is 4.98 Å². The third-order valence-electron chi connectivity index (χ3n) is 4.23. The second kappa shape index (κ2) is 8.47. The Hall–Kier alpha value is -2.38. The molecule has 0 aliphatic heterocycles. The number of nitrogens with one attached hydrogen (secondary N) is 1. The predicted octanol–water partition coefficient (Wildman–Crippen LogP) is 3.84. The van der Waals surface area contributed by atoms with Crippen LogP contribution in [0.2, 0.25) is 0 Å². The SMILES string of the molecule is CCCCN(CC)Cc1ccc(-c2cc(C)[nH]c(=O)c2C#N)cc1. The van der Waals surface area contributed by atoms with Gasteiger partial charge in [-0.1, -0.05) is 44.5 Å². The van der Waals surface area contributed by atoms with Crippen LogP contribution in [0.5, 0.6) is 0 Å². The predicted molar refractivity (Wildman–Crippen MR) is 97.8 cm³/mol. The minimum absolute atomic E-state index is 0.173. The summed E-state index contributed by atoms with van der Waals surface area (Å²) in [4.78, 5) is 17.0. The van der Waals surface area contributed by atoms with Crippen LogP contribution >= 0.6 is 0 Å². The molecule has 1 N–H and O–H groups in total. The molecule has 2 rings (SSSR count). The Balaban J connectivity index is 2.24. The average Bonchev–Trinajstić information content (AvgIpc) is 2.58. The summed E-state index contributed by atoms with van der Waals surface area (Å²) >= 11 is 0. The zero-order valence-electron chi connectivity index (χ0n) is 14.7. The summed E-state index contributed by atoms with van der Waals surface area (Å²) < 4.78 is 0. The smallest absolute Gasteiger partial charge is 0.266 e. The molecule has 24 heavy (non-hydrogen) atoms. The molecule has 0 saturated carbocycles. The van der Waals surface area contributed by atoms with Crippen molar-refractivity contribution in [1.29, 1.82) is 5.26 Å². The third kappa shape index (κ3) is 4.33. The summed E-state index contributed by atoms with van der Waals surface area (Å²) in [7, 11) is 0. The maximum absolute atomic E-state index is 11.9. The molecule has 0 amide bonds. The van der Waals surface area contributed by atoms with Crippen molar-refractivity contribution in [3.63, 3.8) is 0 Å². The summed E-state index contributed by atoms with van der Waals surface area (Å²) in [6.45, 7) is 9.29. The van der Waals surface area contributed by atoms with Gasteiger partial charge in [-0.3, -0.25) is 9.69 Å². The largest absolute Gasteiger partial charge is 0.325 e. The molecule has 1 aromatic carbocycles. The molecule has 0 aliphatic carbocycles. The Bertz CT molecular complexity index is 769. The van der Waals surface area contributed by atoms with Gasteiger partial charge in [0.1, 0.15) is 11.6 Å². The van der Waals surface area contributed by atoms with Gasteiger partial charge in [-0.05, 0) is 43.6 Å². The van der Waals surface area contributed by atoms with Gasteiger partial charge in [0.05, 0.1) is 0 Å². The van der Waals surface area contributed by atoms with Gasteiger partial charge in [0, 0.05) is 17.8 Å². The van der Waals surface area contributed by atoms with Crippen LogP contribution in [-0.4, -0.2) is 23.0 Å². The third-order valence-corrected chi connectivity index (χ3v) is 4.23. The molecule has 4 heteroatoms. The second-order valence-corrected chi connectivity index (χ2v) is 6.10. The number of nitrogens with zero attached hydrogens (tertiary/aromatic N) is 2. The molecule has 2 aromatic rings. The molecule has 0 aliphatic rings. The number of hydrogen-bond donors (Lipinski definition) is 1. The monoisotopic (exact) mass is 323 g/mol. The zero-order valence-corrected chi connectivity index (χ0v) is 14.7. The van der Waals surface area contributed by atoms with E-state index in [-0.39, 0.29) is 11.1 Å². The standard InChI is InChI=1S/C20H25N3O/c1-4-6-11-23(5-2)14-16-7-9-17(10-8-16)18-12-15(3)22-20(24)19(18)13-21/h7-10,12H,4-6,11,14H2,1-3H3,(H,22,24). The molecule has 0 atom stereocenters. The highest BCUT2D eigenvalue weighted by Crippen LogP contribution is 2.22. The molecule has 0 spiro atoms. The lowest BCUT2D eigenvalue weighted by atomic mass is 10.00. The Morgan fingerprint density at radius 1 is 1.21 bits per heavy atom. The van der Waals surface area contributed by atoms with Gasteiger partial charge in [-0.15, -0.1) is 0 Å². The summed E-state index contributed by atoms with van der Waals surface area (Å²) in [6, 6.07) is 12.0. The minimum Gasteiger partial charge on any atom is -0.325 e. The molecular formula is C20H25N3O. The van der Waals surface area contributed by atoms with Crippen molar-refractivity contribution in [3.8, 4) is 17.2 Å². The molecule has 1 aromatic heterocycles. The van der Waals surface area contributed by atoms with E-state index in [2.05, 4.69) is 35.9 Å². The summed E-state index contributed by atoms with van der Waals surface area (Å²) in [5.74, 6) is 0. The maximum atomic E-state index is 11.9. The summed E-state index contributed by atoms with van der Waals surface area (Å²) in [5, 5.41) is 9.26. The molecule has 0 fully saturated rings. The number of rotatable bonds is 7. The van der Waals surface area contributed by atoms with Crippen molar-refractivity contribution in [2.24, 2.45) is 0 Å². The van der Waals surface area contributed by atoms with Crippen LogP contribution in [-0.2, 0) is 6.54 Å². The fourth-order valence-corrected chi connectivity index (χ4v) is 2.81. The van der Waals surface area contributed by atoms with E-state index in [1.54, 1.807) is 0 Å². The average molecular weight is 323 g/mol. The molecule has 1 heterocycles. The highest BCUT2D eigenvalue weighted by molar-refractivity contribution is 5.70. The van der Waals surface area contributed by atoms with Crippen LogP contribution in [0.3, 0.4) is 0 Å². The van der Waals surface area contributed by atoms with E-state index >= 15 is 0 Å². The van der Waals surface area contributed by atoms with Crippen LogP contribution in [0, 0.1) is 18.3 Å². The van der Waals surface area contributed by atoms with Gasteiger partial charge in [-0.2, -0.15) is 5.26 Å². The first-order valence-corrected chi connectivity index (χ1v) is 8.54. The van der Waals surface area contributed by atoms with E-state index in [1.807, 2.05) is 31.2 Å². The number of hydrogen-bond acceptors (Lipinski definition) is 3. The number of nitriles is 1. The first kappa shape index (κ1) is 18.0. The van der Waals surface area contributed by atoms with E-state index in [9.17, 15) is 10.1 Å². The lowest BCUT2D eigenvalue weighted by Crippen LogP contribution is -2.23. The molecular weight excluding hydrogens is 298 g/mol. The molecule has 126 valence electrons. The first-order chi connectivity index (χ1) is 11.6. The van der Waals surface area contributed by atoms with Crippen molar-refractivity contribution < 1.29 is 0 Å². The Labute approximate surface area is 143 Å². The number of aryl methyl sites for hydroxylation is 1. The minimum atomic E-state index is -0.326. The van der Waals surface area contributed by atoms with E-state index in [1.165, 1.54) is 18.4 Å². The Kier molecular flexibility index (Phi) is 6.34. The molecule has 0 bridgehead atoms. The normalized spacial score (nSPS) is 10.8. The molecule has 4 nitrogen and oxygen atoms in total. The number of aromatic amines is 1. The number of pyridine rings is 1. The zero-order chi connectivity index (χ0) is 17.5. The highest BCUT2D eigenvalue weighted by atomic mass is 16.1. The highest BCUT2D eigenvalue weighted by Gasteiger charge is 2.10. The molecule has 0 radical (unpaired) electrons. The van der Waals surface area contributed by atoms with Crippen LogP contribution in [0.4, 0.5) is 0 Å². The van der Waals surface area contributed by atoms with E-state index in [0.717, 1.165) is 30.9 Å². The summed E-state index contributed by atoms with van der Waals surface area (Å²) in [6.07, 6.45) is 2.41. The number of aromatic nitrogens is 1. The summed E-state index contributed by atoms with van der Waals surface area (Å²) in [5.41, 5.74) is 3.45. The van der Waals surface area contributed by atoms with E-state index < -0.39 is 0 Å². The lowest BCUT2D eigenvalue weighted by molar-refractivity contribution is 0.275. The number of benzene rings is 1. The van der Waals surface area contributed by atoms with E-state index in [4.69, 9.17) is 0 Å². The molecule has 0 saturated heterocycles. The van der Waals surface area contributed by atoms with Crippen LogP contribution in [0.1, 0.15) is 43.5 Å². The Morgan fingerprint density at radius 3 is 2.50 bits per heavy atom. The van der Waals surface area contributed by atoms with Gasteiger partial charge in [0.15, 0.2) is 0 Å². The maximum Gasteiger partial charge on any atom is 0.266 e. The quantitative estimate of drug-likeness (QED) is 0.842. The van der Waals surface area contributed by atoms with Crippen molar-refractivity contribution in [1.82, 2.24) is 9.88 Å². The van der Waals surface area contributed by atoms with Crippen molar-refractivity contribution in [2.45, 2.75) is 40.2 Å². The number of H-pyrrole nitrogens is 1. The van der Waals surface area contributed by atoms with Gasteiger partial charge >= 0.3 is 0 Å². The van der Waals surface area contributed by atoms with Crippen LogP contribution in [0.25, 0.3) is 11.1 Å². The fourth-order valence-electron chi connectivity index (χ4n) is 2.81. The molecule has 0 unspecified atom stereocenters. The van der Waals surface area contributed by atoms with Crippen LogP contribution in [0.15, 0.2) is 35.1 Å². The van der Waals surface area contributed by atoms with Crippen molar-refractivity contribution in [2.75, 3.05) is 13.1 Å². The van der Waals surface area contributed by atoms with Gasteiger partial charge in [-0.25, -0.2) is 0 Å².